The van der Waals surface area contributed by atoms with Gasteiger partial charge in [-0.3, -0.25) is 0 Å². The molecule has 0 unspecified atom stereocenters. The average Bonchev–Trinajstić information content (AvgIpc) is 2.03. The van der Waals surface area contributed by atoms with E-state index >= 15 is 0 Å². The summed E-state index contributed by atoms with van der Waals surface area (Å²) in [7, 11) is -2.71. The van der Waals surface area contributed by atoms with Crippen LogP contribution in [0.3, 0.4) is 0 Å². The maximum atomic E-state index is 11.0. The zero-order chi connectivity index (χ0) is 9.90. The molecule has 0 saturated carbocycles. The molecular formula is C7H7NO2. The largest absolute Gasteiger partial charge is 0.464 e. The lowest BCUT2D eigenvalue weighted by Crippen LogP contribution is -2.02. The fourth-order valence-corrected chi connectivity index (χ4v) is 0.536. The first-order valence-electron chi connectivity index (χ1n) is 4.13. The second kappa shape index (κ2) is 2.96. The van der Waals surface area contributed by atoms with E-state index in [9.17, 15) is 4.79 Å². The van der Waals surface area contributed by atoms with E-state index in [4.69, 9.17) is 4.11 Å². The molecule has 0 aliphatic carbocycles. The Bertz CT molecular complexity index is 296. The molecule has 1 rings (SSSR count). The third-order valence-corrected chi connectivity index (χ3v) is 0.967. The second-order valence-electron chi connectivity index (χ2n) is 1.60. The monoisotopic (exact) mass is 140 g/mol. The Morgan fingerprint density at radius 3 is 3.30 bits per heavy atom. The lowest BCUT2D eigenvalue weighted by molar-refractivity contribution is 0.0594. The van der Waals surface area contributed by atoms with Gasteiger partial charge in [-0.15, -0.1) is 0 Å². The molecule has 3 heteroatoms. The van der Waals surface area contributed by atoms with E-state index < -0.39 is 13.0 Å². The van der Waals surface area contributed by atoms with Crippen molar-refractivity contribution in [3.63, 3.8) is 0 Å². The predicted molar refractivity (Wildman–Crippen MR) is 35.6 cm³/mol. The molecule has 1 aromatic rings. The van der Waals surface area contributed by atoms with E-state index in [0.717, 1.165) is 0 Å². The van der Waals surface area contributed by atoms with Gasteiger partial charge in [0, 0.05) is 6.20 Å². The Kier molecular flexibility index (Phi) is 1.10. The first-order valence-corrected chi connectivity index (χ1v) is 2.63. The summed E-state index contributed by atoms with van der Waals surface area (Å²) in [4.78, 5) is 14.7. The van der Waals surface area contributed by atoms with Crippen LogP contribution in [0, 0.1) is 0 Å². The van der Waals surface area contributed by atoms with E-state index in [-0.39, 0.29) is 5.69 Å². The van der Waals surface area contributed by atoms with E-state index in [1.165, 1.54) is 12.3 Å². The van der Waals surface area contributed by atoms with Gasteiger partial charge in [-0.25, -0.2) is 9.78 Å². The summed E-state index contributed by atoms with van der Waals surface area (Å²) >= 11 is 0. The molecule has 0 atom stereocenters. The molecule has 0 aliphatic rings. The van der Waals surface area contributed by atoms with Crippen LogP contribution in [-0.2, 0) is 4.74 Å². The number of pyridine rings is 1. The molecule has 0 aromatic carbocycles. The Labute approximate surface area is 62.9 Å². The normalized spacial score (nSPS) is 14.6. The highest BCUT2D eigenvalue weighted by Gasteiger charge is 2.02. The van der Waals surface area contributed by atoms with Crippen LogP contribution in [0.15, 0.2) is 24.4 Å². The van der Waals surface area contributed by atoms with Crippen LogP contribution in [0.4, 0.5) is 0 Å². The molecule has 1 aromatic heterocycles. The van der Waals surface area contributed by atoms with Crippen molar-refractivity contribution in [3.05, 3.63) is 30.1 Å². The van der Waals surface area contributed by atoms with Crippen molar-refractivity contribution in [3.8, 4) is 0 Å². The molecule has 0 fully saturated rings. The average molecular weight is 140 g/mol. The topological polar surface area (TPSA) is 39.2 Å². The maximum Gasteiger partial charge on any atom is 0.356 e. The molecule has 0 spiro atoms. The first kappa shape index (κ1) is 3.71. The summed E-state index contributed by atoms with van der Waals surface area (Å²) in [5.41, 5.74) is -0.0152. The zero-order valence-corrected chi connectivity index (χ0v) is 5.07. The predicted octanol–water partition coefficient (Wildman–Crippen LogP) is 0.868. The van der Waals surface area contributed by atoms with Crippen molar-refractivity contribution in [2.75, 3.05) is 7.04 Å². The van der Waals surface area contributed by atoms with Crippen molar-refractivity contribution in [1.29, 1.82) is 0 Å². The van der Waals surface area contributed by atoms with Crippen LogP contribution in [0.2, 0.25) is 0 Å². The maximum absolute atomic E-state index is 11.0. The number of rotatable bonds is 1. The summed E-state index contributed by atoms with van der Waals surface area (Å²) in [6.07, 6.45) is 1.39. The number of ether oxygens (including phenoxy) is 1. The molecule has 3 nitrogen and oxygen atoms in total. The summed E-state index contributed by atoms with van der Waals surface area (Å²) in [6, 6.07) is 4.57. The van der Waals surface area contributed by atoms with E-state index in [2.05, 4.69) is 9.72 Å². The van der Waals surface area contributed by atoms with Gasteiger partial charge in [-0.05, 0) is 12.1 Å². The molecule has 0 radical (unpaired) electrons. The Morgan fingerprint density at radius 1 is 1.80 bits per heavy atom. The molecule has 10 heavy (non-hydrogen) atoms. The van der Waals surface area contributed by atoms with Gasteiger partial charge in [0.1, 0.15) is 5.69 Å². The summed E-state index contributed by atoms with van der Waals surface area (Å²) in [6.45, 7) is 0. The van der Waals surface area contributed by atoms with Crippen LogP contribution in [0.1, 0.15) is 14.6 Å². The molecule has 0 amide bonds. The first-order chi connectivity index (χ1) is 5.99. The number of methoxy groups -OCH3 is 1. The highest BCUT2D eigenvalue weighted by molar-refractivity contribution is 5.86. The fourth-order valence-electron chi connectivity index (χ4n) is 0.536. The number of carbonyl (C=O) groups excluding carboxylic acids is 1. The quantitative estimate of drug-likeness (QED) is 0.543. The van der Waals surface area contributed by atoms with Gasteiger partial charge < -0.3 is 4.74 Å². The van der Waals surface area contributed by atoms with Crippen molar-refractivity contribution in [2.45, 2.75) is 0 Å². The number of esters is 1. The molecule has 0 N–H and O–H groups in total. The summed E-state index contributed by atoms with van der Waals surface area (Å²) in [5.74, 6) is -0.944. The zero-order valence-electron chi connectivity index (χ0n) is 8.07. The van der Waals surface area contributed by atoms with E-state index in [1.807, 2.05) is 0 Å². The number of nitrogens with zero attached hydrogens (tertiary/aromatic N) is 1. The van der Waals surface area contributed by atoms with Crippen molar-refractivity contribution < 1.29 is 13.6 Å². The third-order valence-electron chi connectivity index (χ3n) is 0.967. The number of carbonyl (C=O) groups is 1. The summed E-state index contributed by atoms with van der Waals surface area (Å²) < 4.78 is 24.1. The van der Waals surface area contributed by atoms with Crippen molar-refractivity contribution in [2.24, 2.45) is 0 Å². The number of hydrogen-bond acceptors (Lipinski definition) is 3. The number of aromatic nitrogens is 1. The van der Waals surface area contributed by atoms with E-state index in [0.29, 0.717) is 0 Å². The van der Waals surface area contributed by atoms with Gasteiger partial charge in [0.15, 0.2) is 0 Å². The molecule has 0 saturated heterocycles. The standard InChI is InChI=1S/C7H7NO2/c1-10-7(9)6-4-2-3-5-8-6/h2-5H,1H3/i1D3. The van der Waals surface area contributed by atoms with Gasteiger partial charge >= 0.3 is 5.97 Å². The molecule has 0 aliphatic heterocycles. The Balaban J connectivity index is 2.71. The van der Waals surface area contributed by atoms with Gasteiger partial charge in [0.25, 0.3) is 0 Å². The highest BCUT2D eigenvalue weighted by Crippen LogP contribution is 1.93. The molecular weight excluding hydrogens is 130 g/mol. The van der Waals surface area contributed by atoms with Crippen LogP contribution < -0.4 is 0 Å². The highest BCUT2D eigenvalue weighted by atomic mass is 16.5. The van der Waals surface area contributed by atoms with Crippen LogP contribution >= 0.6 is 0 Å². The molecule has 52 valence electrons. The number of hydrogen-bond donors (Lipinski definition) is 0. The second-order valence-corrected chi connectivity index (χ2v) is 1.60. The van der Waals surface area contributed by atoms with Gasteiger partial charge in [0.05, 0.1) is 11.2 Å². The lowest BCUT2D eigenvalue weighted by Gasteiger charge is -1.94. The lowest BCUT2D eigenvalue weighted by atomic mass is 10.4. The minimum atomic E-state index is -2.71. The van der Waals surface area contributed by atoms with Crippen LogP contribution in [0.25, 0.3) is 0 Å². The van der Waals surface area contributed by atoms with Gasteiger partial charge in [-0.2, -0.15) is 0 Å². The minimum absolute atomic E-state index is 0.0152. The van der Waals surface area contributed by atoms with Gasteiger partial charge in [0.2, 0.25) is 0 Å². The van der Waals surface area contributed by atoms with Crippen molar-refractivity contribution in [1.82, 2.24) is 4.98 Å². The molecule has 0 bridgehead atoms. The minimum Gasteiger partial charge on any atom is -0.464 e. The van der Waals surface area contributed by atoms with E-state index in [1.54, 1.807) is 12.1 Å². The SMILES string of the molecule is [2H]C([2H])([2H])OC(=O)c1ccccn1. The molecule has 1 heterocycles. The third kappa shape index (κ3) is 1.31. The Morgan fingerprint density at radius 2 is 2.70 bits per heavy atom. The fraction of sp³-hybridized carbons (Fsp3) is 0.143. The van der Waals surface area contributed by atoms with Crippen LogP contribution in [-0.4, -0.2) is 18.0 Å². The summed E-state index contributed by atoms with van der Waals surface area (Å²) in [5, 5.41) is 0. The van der Waals surface area contributed by atoms with Crippen molar-refractivity contribution >= 4 is 5.97 Å². The van der Waals surface area contributed by atoms with Gasteiger partial charge in [-0.1, -0.05) is 6.07 Å². The smallest absolute Gasteiger partial charge is 0.356 e. The Hall–Kier alpha value is -1.38. The van der Waals surface area contributed by atoms with Crippen LogP contribution in [0.5, 0.6) is 0 Å².